The first-order valence-corrected chi connectivity index (χ1v) is 4.42. The van der Waals surface area contributed by atoms with Gasteiger partial charge >= 0.3 is 5.97 Å². The number of aliphatic carboxylic acids is 1. The Kier molecular flexibility index (Phi) is 3.39. The van der Waals surface area contributed by atoms with Crippen molar-refractivity contribution in [3.8, 4) is 0 Å². The maximum atomic E-state index is 11.3. The van der Waals surface area contributed by atoms with Crippen molar-refractivity contribution in [3.05, 3.63) is 27.9 Å². The van der Waals surface area contributed by atoms with Crippen LogP contribution in [-0.4, -0.2) is 21.0 Å². The van der Waals surface area contributed by atoms with Crippen LogP contribution in [0.15, 0.2) is 11.0 Å². The minimum absolute atomic E-state index is 0.0194. The second kappa shape index (κ2) is 4.55. The van der Waals surface area contributed by atoms with Crippen LogP contribution in [0.1, 0.15) is 24.7 Å². The lowest BCUT2D eigenvalue weighted by Crippen LogP contribution is -2.16. The Hall–Kier alpha value is -1.65. The van der Waals surface area contributed by atoms with Crippen LogP contribution in [0, 0.1) is 0 Å². The van der Waals surface area contributed by atoms with E-state index in [-0.39, 0.29) is 18.4 Å². The molecule has 0 aliphatic carbocycles. The lowest BCUT2D eigenvalue weighted by molar-refractivity contribution is -0.137. The average Bonchev–Trinajstić information content (AvgIpc) is 2.15. The number of nitrogens with one attached hydrogen (secondary N) is 1. The maximum Gasteiger partial charge on any atom is 0.303 e. The predicted octanol–water partition coefficient (Wildman–Crippen LogP) is 0.350. The molecule has 2 N–H and O–H groups in total. The van der Waals surface area contributed by atoms with Gasteiger partial charge in [-0.1, -0.05) is 6.92 Å². The summed E-state index contributed by atoms with van der Waals surface area (Å²) in [6.45, 7) is 1.86. The molecule has 14 heavy (non-hydrogen) atoms. The molecule has 0 amide bonds. The number of hydrogen-bond acceptors (Lipinski definition) is 3. The molecule has 0 saturated heterocycles. The normalized spacial score (nSPS) is 10.1. The molecular formula is C9H12N2O3. The standard InChI is InChI=1S/C9H12N2O3/c1-2-6-5-10-7(11-9(6)14)3-4-8(12)13/h5H,2-4H2,1H3,(H,12,13)(H,10,11,14). The molecule has 1 heterocycles. The largest absolute Gasteiger partial charge is 0.481 e. The summed E-state index contributed by atoms with van der Waals surface area (Å²) in [7, 11) is 0. The van der Waals surface area contributed by atoms with E-state index in [1.54, 1.807) is 0 Å². The lowest BCUT2D eigenvalue weighted by Gasteiger charge is -1.99. The van der Waals surface area contributed by atoms with Gasteiger partial charge in [0.15, 0.2) is 0 Å². The van der Waals surface area contributed by atoms with Crippen molar-refractivity contribution in [2.75, 3.05) is 0 Å². The Morgan fingerprint density at radius 1 is 1.64 bits per heavy atom. The summed E-state index contributed by atoms with van der Waals surface area (Å²) < 4.78 is 0. The molecule has 5 heteroatoms. The van der Waals surface area contributed by atoms with Gasteiger partial charge in [0.25, 0.3) is 5.56 Å². The molecule has 76 valence electrons. The van der Waals surface area contributed by atoms with Gasteiger partial charge in [0.1, 0.15) is 5.82 Å². The van der Waals surface area contributed by atoms with E-state index in [4.69, 9.17) is 5.11 Å². The van der Waals surface area contributed by atoms with Gasteiger partial charge in [-0.25, -0.2) is 4.98 Å². The van der Waals surface area contributed by atoms with Crippen LogP contribution in [-0.2, 0) is 17.6 Å². The summed E-state index contributed by atoms with van der Waals surface area (Å²) in [4.78, 5) is 28.0. The van der Waals surface area contributed by atoms with E-state index in [2.05, 4.69) is 9.97 Å². The second-order valence-corrected chi connectivity index (χ2v) is 2.93. The van der Waals surface area contributed by atoms with E-state index in [0.29, 0.717) is 17.8 Å². The molecular weight excluding hydrogens is 184 g/mol. The number of aromatic nitrogens is 2. The summed E-state index contributed by atoms with van der Waals surface area (Å²) in [6.07, 6.45) is 2.36. The first-order chi connectivity index (χ1) is 6.63. The Labute approximate surface area is 80.8 Å². The van der Waals surface area contributed by atoms with Crippen LogP contribution >= 0.6 is 0 Å². The van der Waals surface area contributed by atoms with E-state index < -0.39 is 5.97 Å². The molecule has 0 spiro atoms. The Balaban J connectivity index is 2.76. The van der Waals surface area contributed by atoms with E-state index in [1.165, 1.54) is 6.20 Å². The fourth-order valence-corrected chi connectivity index (χ4v) is 1.06. The van der Waals surface area contributed by atoms with Crippen LogP contribution < -0.4 is 5.56 Å². The van der Waals surface area contributed by atoms with Gasteiger partial charge in [0.2, 0.25) is 0 Å². The summed E-state index contributed by atoms with van der Waals surface area (Å²) in [5.74, 6) is -0.471. The highest BCUT2D eigenvalue weighted by Gasteiger charge is 2.03. The SMILES string of the molecule is CCc1cnc(CCC(=O)O)[nH]c1=O. The van der Waals surface area contributed by atoms with Crippen molar-refractivity contribution in [2.24, 2.45) is 0 Å². The molecule has 0 atom stereocenters. The minimum atomic E-state index is -0.896. The molecule has 0 aliphatic rings. The van der Waals surface area contributed by atoms with Crippen molar-refractivity contribution in [3.63, 3.8) is 0 Å². The Bertz CT molecular complexity index is 384. The number of rotatable bonds is 4. The zero-order chi connectivity index (χ0) is 10.6. The van der Waals surface area contributed by atoms with Crippen molar-refractivity contribution >= 4 is 5.97 Å². The molecule has 0 bridgehead atoms. The van der Waals surface area contributed by atoms with Crippen molar-refractivity contribution < 1.29 is 9.90 Å². The van der Waals surface area contributed by atoms with Gasteiger partial charge in [0, 0.05) is 18.2 Å². The third-order valence-corrected chi connectivity index (χ3v) is 1.88. The average molecular weight is 196 g/mol. The third kappa shape index (κ3) is 2.69. The van der Waals surface area contributed by atoms with Crippen molar-refractivity contribution in [2.45, 2.75) is 26.2 Å². The first kappa shape index (κ1) is 10.4. The van der Waals surface area contributed by atoms with Gasteiger partial charge in [-0.05, 0) is 6.42 Å². The Morgan fingerprint density at radius 2 is 2.36 bits per heavy atom. The minimum Gasteiger partial charge on any atom is -0.481 e. The highest BCUT2D eigenvalue weighted by Crippen LogP contribution is 1.95. The maximum absolute atomic E-state index is 11.3. The number of carboxylic acid groups (broad SMARTS) is 1. The summed E-state index contributed by atoms with van der Waals surface area (Å²) in [5.41, 5.74) is 0.437. The smallest absolute Gasteiger partial charge is 0.303 e. The number of aryl methyl sites for hydroxylation is 2. The van der Waals surface area contributed by atoms with Crippen molar-refractivity contribution in [1.82, 2.24) is 9.97 Å². The van der Waals surface area contributed by atoms with Crippen LogP contribution in [0.25, 0.3) is 0 Å². The van der Waals surface area contributed by atoms with Gasteiger partial charge in [-0.15, -0.1) is 0 Å². The molecule has 0 unspecified atom stereocenters. The predicted molar refractivity (Wildman–Crippen MR) is 50.2 cm³/mol. The Morgan fingerprint density at radius 3 is 2.86 bits per heavy atom. The molecule has 1 aromatic rings. The number of hydrogen-bond donors (Lipinski definition) is 2. The van der Waals surface area contributed by atoms with E-state index in [0.717, 1.165) is 0 Å². The zero-order valence-electron chi connectivity index (χ0n) is 7.91. The third-order valence-electron chi connectivity index (χ3n) is 1.88. The quantitative estimate of drug-likeness (QED) is 0.727. The highest BCUT2D eigenvalue weighted by molar-refractivity contribution is 5.66. The topological polar surface area (TPSA) is 83.0 Å². The van der Waals surface area contributed by atoms with Crippen LogP contribution in [0.5, 0.6) is 0 Å². The highest BCUT2D eigenvalue weighted by atomic mass is 16.4. The number of carboxylic acids is 1. The van der Waals surface area contributed by atoms with Gasteiger partial charge in [-0.2, -0.15) is 0 Å². The van der Waals surface area contributed by atoms with Crippen LogP contribution in [0.4, 0.5) is 0 Å². The number of carbonyl (C=O) groups is 1. The number of H-pyrrole nitrogens is 1. The summed E-state index contributed by atoms with van der Waals surface area (Å²) >= 11 is 0. The van der Waals surface area contributed by atoms with Crippen LogP contribution in [0.2, 0.25) is 0 Å². The van der Waals surface area contributed by atoms with Crippen LogP contribution in [0.3, 0.4) is 0 Å². The molecule has 0 aliphatic heterocycles. The monoisotopic (exact) mass is 196 g/mol. The van der Waals surface area contributed by atoms with Crippen molar-refractivity contribution in [1.29, 1.82) is 0 Å². The lowest BCUT2D eigenvalue weighted by atomic mass is 10.2. The zero-order valence-corrected chi connectivity index (χ0v) is 7.91. The number of nitrogens with zero attached hydrogens (tertiary/aromatic N) is 1. The fourth-order valence-electron chi connectivity index (χ4n) is 1.06. The molecule has 5 nitrogen and oxygen atoms in total. The molecule has 0 saturated carbocycles. The van der Waals surface area contributed by atoms with E-state index in [1.807, 2.05) is 6.92 Å². The molecule has 0 radical (unpaired) electrons. The molecule has 1 rings (SSSR count). The fraction of sp³-hybridized carbons (Fsp3) is 0.444. The summed E-state index contributed by atoms with van der Waals surface area (Å²) in [5, 5.41) is 8.43. The van der Waals surface area contributed by atoms with E-state index in [9.17, 15) is 9.59 Å². The van der Waals surface area contributed by atoms with E-state index >= 15 is 0 Å². The first-order valence-electron chi connectivity index (χ1n) is 4.42. The number of aromatic amines is 1. The molecule has 0 fully saturated rings. The molecule has 1 aromatic heterocycles. The van der Waals surface area contributed by atoms with Gasteiger partial charge in [0.05, 0.1) is 6.42 Å². The second-order valence-electron chi connectivity index (χ2n) is 2.93. The van der Waals surface area contributed by atoms with Gasteiger partial charge in [-0.3, -0.25) is 9.59 Å². The summed E-state index contributed by atoms with van der Waals surface area (Å²) in [6, 6.07) is 0. The molecule has 0 aromatic carbocycles. The van der Waals surface area contributed by atoms with Gasteiger partial charge < -0.3 is 10.1 Å².